The van der Waals surface area contributed by atoms with Crippen molar-refractivity contribution in [3.8, 4) is 5.75 Å². The number of para-hydroxylation sites is 2. The van der Waals surface area contributed by atoms with Crippen LogP contribution in [0.25, 0.3) is 0 Å². The molecule has 25 heavy (non-hydrogen) atoms. The number of unbranched alkanes of at least 4 members (excludes halogenated alkanes) is 1. The summed E-state index contributed by atoms with van der Waals surface area (Å²) in [4.78, 5) is 18.3. The molecule has 1 amide bonds. The zero-order chi connectivity index (χ0) is 18.0. The first-order valence-corrected chi connectivity index (χ1v) is 11.1. The van der Waals surface area contributed by atoms with E-state index in [1.54, 1.807) is 7.11 Å². The monoisotopic (exact) mass is 382 g/mol. The molecule has 2 atom stereocenters. The second-order valence-corrected chi connectivity index (χ2v) is 9.59. The maximum absolute atomic E-state index is 12.2. The van der Waals surface area contributed by atoms with Crippen LogP contribution in [0, 0.1) is 0 Å². The third-order valence-electron chi connectivity index (χ3n) is 4.38. The van der Waals surface area contributed by atoms with Gasteiger partial charge in [0.25, 0.3) is 0 Å². The molecule has 1 aromatic rings. The van der Waals surface area contributed by atoms with Crippen LogP contribution in [0.5, 0.6) is 5.75 Å². The van der Waals surface area contributed by atoms with Gasteiger partial charge in [0.1, 0.15) is 5.75 Å². The average Bonchev–Trinajstić information content (AvgIpc) is 3.03. The smallest absolute Gasteiger partial charge is 0.248 e. The van der Waals surface area contributed by atoms with Crippen molar-refractivity contribution in [2.75, 3.05) is 23.5 Å². The van der Waals surface area contributed by atoms with Crippen LogP contribution in [0.2, 0.25) is 0 Å². The third kappa shape index (κ3) is 3.84. The number of nitrogens with zero attached hydrogens (tertiary/aromatic N) is 2. The minimum Gasteiger partial charge on any atom is -0.495 e. The van der Waals surface area contributed by atoms with Crippen LogP contribution in [0.15, 0.2) is 29.3 Å². The van der Waals surface area contributed by atoms with Crippen molar-refractivity contribution >= 4 is 38.4 Å². The lowest BCUT2D eigenvalue weighted by Crippen LogP contribution is -2.38. The molecule has 2 aliphatic heterocycles. The van der Waals surface area contributed by atoms with Crippen molar-refractivity contribution in [1.82, 2.24) is 0 Å². The summed E-state index contributed by atoms with van der Waals surface area (Å²) in [6.45, 7) is 2.03. The van der Waals surface area contributed by atoms with E-state index in [0.29, 0.717) is 17.3 Å². The van der Waals surface area contributed by atoms with E-state index in [0.717, 1.165) is 18.5 Å². The molecular weight excluding hydrogens is 360 g/mol. The number of fused-ring (bicyclic) bond motifs is 1. The standard InChI is InChI=1S/C17H22N2O4S2/c1-3-4-9-16(20)18-17-19(12-7-5-6-8-14(12)23-2)13-10-25(21,22)11-15(13)24-17/h5-8,13,15H,3-4,9-11H2,1-2H3/t13-,15+/m1/s1. The molecule has 2 heterocycles. The molecular formula is C17H22N2O4S2. The number of anilines is 1. The summed E-state index contributed by atoms with van der Waals surface area (Å²) < 4.78 is 29.6. The number of hydrogen-bond acceptors (Lipinski definition) is 5. The molecule has 2 fully saturated rings. The topological polar surface area (TPSA) is 76.0 Å². The molecule has 6 nitrogen and oxygen atoms in total. The highest BCUT2D eigenvalue weighted by atomic mass is 32.2. The summed E-state index contributed by atoms with van der Waals surface area (Å²) in [5.41, 5.74) is 0.754. The van der Waals surface area contributed by atoms with Crippen molar-refractivity contribution in [2.24, 2.45) is 4.99 Å². The number of rotatable bonds is 5. The van der Waals surface area contributed by atoms with Crippen molar-refractivity contribution in [2.45, 2.75) is 37.5 Å². The van der Waals surface area contributed by atoms with Crippen LogP contribution in [0.3, 0.4) is 0 Å². The lowest BCUT2D eigenvalue weighted by atomic mass is 10.2. The van der Waals surface area contributed by atoms with Gasteiger partial charge in [-0.3, -0.25) is 4.79 Å². The zero-order valence-electron chi connectivity index (χ0n) is 14.3. The summed E-state index contributed by atoms with van der Waals surface area (Å²) in [5, 5.41) is 0.475. The Morgan fingerprint density at radius 1 is 1.36 bits per heavy atom. The molecule has 2 aliphatic rings. The number of amidine groups is 1. The minimum absolute atomic E-state index is 0.0743. The Bertz CT molecular complexity index is 792. The Balaban J connectivity index is 1.98. The summed E-state index contributed by atoms with van der Waals surface area (Å²) in [5.74, 6) is 0.676. The predicted octanol–water partition coefficient (Wildman–Crippen LogP) is 2.49. The number of sulfone groups is 1. The van der Waals surface area contributed by atoms with Gasteiger partial charge in [0.05, 0.1) is 30.3 Å². The number of carbonyl (C=O) groups is 1. The molecule has 1 aromatic carbocycles. The van der Waals surface area contributed by atoms with Gasteiger partial charge in [0.2, 0.25) is 5.91 Å². The molecule has 0 saturated carbocycles. The second-order valence-electron chi connectivity index (χ2n) is 6.23. The van der Waals surface area contributed by atoms with Gasteiger partial charge in [-0.25, -0.2) is 8.42 Å². The summed E-state index contributed by atoms with van der Waals surface area (Å²) in [6, 6.07) is 7.21. The SMILES string of the molecule is CCCCC(=O)N=C1S[C@H]2CS(=O)(=O)C[C@H]2N1c1ccccc1OC. The molecule has 0 unspecified atom stereocenters. The highest BCUT2D eigenvalue weighted by Gasteiger charge is 2.49. The summed E-state index contributed by atoms with van der Waals surface area (Å²) >= 11 is 1.39. The molecule has 2 saturated heterocycles. The van der Waals surface area contributed by atoms with E-state index in [2.05, 4.69) is 4.99 Å². The average molecular weight is 383 g/mol. The van der Waals surface area contributed by atoms with Crippen molar-refractivity contribution in [1.29, 1.82) is 0 Å². The van der Waals surface area contributed by atoms with Gasteiger partial charge in [-0.2, -0.15) is 4.99 Å². The van der Waals surface area contributed by atoms with Crippen molar-refractivity contribution in [3.63, 3.8) is 0 Å². The lowest BCUT2D eigenvalue weighted by molar-refractivity contribution is -0.117. The van der Waals surface area contributed by atoms with Gasteiger partial charge in [-0.05, 0) is 18.6 Å². The summed E-state index contributed by atoms with van der Waals surface area (Å²) in [6.07, 6.45) is 2.15. The van der Waals surface area contributed by atoms with E-state index in [1.807, 2.05) is 36.1 Å². The number of aliphatic imine (C=N–C) groups is 1. The molecule has 0 N–H and O–H groups in total. The molecule has 0 bridgehead atoms. The van der Waals surface area contributed by atoms with Crippen molar-refractivity contribution in [3.05, 3.63) is 24.3 Å². The fourth-order valence-corrected chi connectivity index (χ4v) is 7.09. The Morgan fingerprint density at radius 2 is 2.12 bits per heavy atom. The van der Waals surface area contributed by atoms with E-state index in [9.17, 15) is 13.2 Å². The van der Waals surface area contributed by atoms with Crippen LogP contribution < -0.4 is 9.64 Å². The number of amides is 1. The first-order valence-electron chi connectivity index (χ1n) is 8.36. The minimum atomic E-state index is -3.08. The Labute approximate surface area is 152 Å². The van der Waals surface area contributed by atoms with Crippen LogP contribution in [0.1, 0.15) is 26.2 Å². The first kappa shape index (κ1) is 18.3. The Kier molecular flexibility index (Phi) is 5.38. The molecule has 0 radical (unpaired) electrons. The van der Waals surface area contributed by atoms with E-state index >= 15 is 0 Å². The van der Waals surface area contributed by atoms with E-state index in [-0.39, 0.29) is 28.7 Å². The zero-order valence-corrected chi connectivity index (χ0v) is 16.0. The number of thioether (sulfide) groups is 1. The van der Waals surface area contributed by atoms with Gasteiger partial charge >= 0.3 is 0 Å². The van der Waals surface area contributed by atoms with Crippen molar-refractivity contribution < 1.29 is 17.9 Å². The van der Waals surface area contributed by atoms with E-state index in [1.165, 1.54) is 11.8 Å². The van der Waals surface area contributed by atoms with Gasteiger partial charge in [-0.15, -0.1) is 0 Å². The number of ether oxygens (including phenoxy) is 1. The Morgan fingerprint density at radius 3 is 2.84 bits per heavy atom. The fraction of sp³-hybridized carbons (Fsp3) is 0.529. The molecule has 0 aromatic heterocycles. The number of carbonyl (C=O) groups excluding carboxylic acids is 1. The second kappa shape index (κ2) is 7.37. The first-order chi connectivity index (χ1) is 11.9. The highest BCUT2D eigenvalue weighted by Crippen LogP contribution is 2.43. The van der Waals surface area contributed by atoms with E-state index in [4.69, 9.17) is 4.74 Å². The molecule has 0 aliphatic carbocycles. The maximum atomic E-state index is 12.2. The quantitative estimate of drug-likeness (QED) is 0.779. The van der Waals surface area contributed by atoms with Gasteiger partial charge in [0.15, 0.2) is 15.0 Å². The predicted molar refractivity (Wildman–Crippen MR) is 101 cm³/mol. The maximum Gasteiger partial charge on any atom is 0.248 e. The van der Waals surface area contributed by atoms with Crippen LogP contribution in [0.4, 0.5) is 5.69 Å². The highest BCUT2D eigenvalue weighted by molar-refractivity contribution is 8.16. The third-order valence-corrected chi connectivity index (χ3v) is 7.59. The number of benzene rings is 1. The Hall–Kier alpha value is -1.54. The summed E-state index contributed by atoms with van der Waals surface area (Å²) in [7, 11) is -1.50. The molecule has 136 valence electrons. The number of hydrogen-bond donors (Lipinski definition) is 0. The normalized spacial score (nSPS) is 26.0. The van der Waals surface area contributed by atoms with Crippen LogP contribution in [-0.2, 0) is 14.6 Å². The van der Waals surface area contributed by atoms with Gasteiger partial charge in [0, 0.05) is 11.7 Å². The number of methoxy groups -OCH3 is 1. The van der Waals surface area contributed by atoms with Crippen LogP contribution in [-0.4, -0.2) is 49.4 Å². The molecule has 3 rings (SSSR count). The van der Waals surface area contributed by atoms with E-state index < -0.39 is 9.84 Å². The molecule has 8 heteroatoms. The largest absolute Gasteiger partial charge is 0.495 e. The van der Waals surface area contributed by atoms with Gasteiger partial charge in [-0.1, -0.05) is 37.2 Å². The van der Waals surface area contributed by atoms with Crippen LogP contribution >= 0.6 is 11.8 Å². The van der Waals surface area contributed by atoms with Gasteiger partial charge < -0.3 is 9.64 Å². The fourth-order valence-electron chi connectivity index (χ4n) is 3.17. The lowest BCUT2D eigenvalue weighted by Gasteiger charge is -2.26. The molecule has 0 spiro atoms.